The van der Waals surface area contributed by atoms with E-state index in [9.17, 15) is 28.9 Å². The molecule has 0 aromatic heterocycles. The number of aliphatic hydroxyl groups is 1. The Balaban J connectivity index is 4.84. The van der Waals surface area contributed by atoms with Crippen LogP contribution in [0.25, 0.3) is 0 Å². The van der Waals surface area contributed by atoms with E-state index >= 15 is 0 Å². The summed E-state index contributed by atoms with van der Waals surface area (Å²) in [4.78, 5) is 48.6. The number of unbranched alkanes of at least 4 members (excludes halogenated alkanes) is 21. The molecule has 11 nitrogen and oxygen atoms in total. The Morgan fingerprint density at radius 3 is 1.17 bits per heavy atom. The van der Waals surface area contributed by atoms with Crippen molar-refractivity contribution in [3.8, 4) is 0 Å². The molecule has 0 saturated heterocycles. The molecule has 446 valence electrons. The lowest BCUT2D eigenvalue weighted by molar-refractivity contribution is -0.161. The average Bonchev–Trinajstić information content (AvgIpc) is 3.43. The van der Waals surface area contributed by atoms with Crippen molar-refractivity contribution in [2.24, 2.45) is 0 Å². The highest BCUT2D eigenvalue weighted by molar-refractivity contribution is 7.47. The van der Waals surface area contributed by atoms with Gasteiger partial charge in [0.1, 0.15) is 12.7 Å². The Bertz CT molecular complexity index is 1720. The molecule has 3 atom stereocenters. The molecular weight excluding hydrogens is 1000 g/mol. The van der Waals surface area contributed by atoms with Crippen molar-refractivity contribution in [3.05, 3.63) is 109 Å². The molecule has 0 rings (SSSR count). The van der Waals surface area contributed by atoms with Gasteiger partial charge >= 0.3 is 25.7 Å². The first-order chi connectivity index (χ1) is 38.2. The molecule has 0 aliphatic heterocycles. The van der Waals surface area contributed by atoms with Gasteiger partial charge in [0.15, 0.2) is 6.10 Å². The smallest absolute Gasteiger partial charge is 0.462 e. The number of hydrogen-bond acceptors (Lipinski definition) is 10. The molecule has 2 N–H and O–H groups in total. The average molecular weight is 1110 g/mol. The highest BCUT2D eigenvalue weighted by Crippen LogP contribution is 2.43. The summed E-state index contributed by atoms with van der Waals surface area (Å²) < 4.78 is 39.5. The Labute approximate surface area is 475 Å². The second-order valence-corrected chi connectivity index (χ2v) is 21.6. The predicted octanol–water partition coefficient (Wildman–Crippen LogP) is 18.6. The second kappa shape index (κ2) is 59.3. The lowest BCUT2D eigenvalue weighted by Gasteiger charge is -2.21. The lowest BCUT2D eigenvalue weighted by atomic mass is 10.1. The van der Waals surface area contributed by atoms with Crippen LogP contribution in [-0.4, -0.2) is 66.5 Å². The minimum absolute atomic E-state index is 0.0369. The van der Waals surface area contributed by atoms with Crippen LogP contribution < -0.4 is 0 Å². The zero-order valence-corrected chi connectivity index (χ0v) is 50.2. The molecule has 0 amide bonds. The monoisotopic (exact) mass is 1110 g/mol. The highest BCUT2D eigenvalue weighted by atomic mass is 31.2. The summed E-state index contributed by atoms with van der Waals surface area (Å²) >= 11 is 0. The van der Waals surface area contributed by atoms with Gasteiger partial charge in [0.2, 0.25) is 0 Å². The Morgan fingerprint density at radius 2 is 0.718 bits per heavy atom. The summed E-state index contributed by atoms with van der Waals surface area (Å²) in [6.45, 7) is 4.37. The van der Waals surface area contributed by atoms with Gasteiger partial charge in [-0.2, -0.15) is 0 Å². The van der Waals surface area contributed by atoms with Crippen LogP contribution in [0.5, 0.6) is 0 Å². The standard InChI is InChI=1S/C66H111O11P/c1-4-7-10-13-16-19-22-25-27-29-31-33-35-38-40-43-46-49-52-55-64(68)73-59-63(77-66(70)57-54-51-48-45-42-39-36-34-32-30-28-26-23-20-17-14-11-8-5-2)61-75-78(71,72)74-60-62(58-67)76-65(69)56-53-50-47-44-41-37-24-21-18-15-12-9-6-3/h8,11-12,15,17,20-21,24-28,32,34,39,42,48,51,62-63,67H,4-7,9-10,13-14,16,18-19,22-23,29-31,33,35-38,40-41,43-47,49-50,52-61H2,1-3H3,(H,71,72)/b11-8-,15-12-,20-17-,24-21-,27-25-,28-26-,34-32-,42-39-,51-48-. The summed E-state index contributed by atoms with van der Waals surface area (Å²) in [6.07, 6.45) is 72.0. The molecular formula is C66H111O11P. The fourth-order valence-electron chi connectivity index (χ4n) is 8.00. The van der Waals surface area contributed by atoms with Crippen LogP contribution in [-0.2, 0) is 42.2 Å². The van der Waals surface area contributed by atoms with E-state index in [1.807, 2.05) is 12.2 Å². The maximum absolute atomic E-state index is 12.9. The zero-order valence-electron chi connectivity index (χ0n) is 49.3. The van der Waals surface area contributed by atoms with Crippen LogP contribution in [0.4, 0.5) is 0 Å². The van der Waals surface area contributed by atoms with Crippen molar-refractivity contribution < 1.29 is 52.2 Å². The Kier molecular flexibility index (Phi) is 56.3. The SMILES string of the molecule is CC/C=C\C/C=C\C/C=C\C/C=C\C/C=C\C/C=C\CCC(=O)OC(COC(=O)CCCCCCCCCCC/C=C\CCCCCCCC)COP(=O)(O)OCC(CO)OC(=O)CCCCCCC/C=C\C/C=C\CCC. The first kappa shape index (κ1) is 74.1. The molecule has 0 fully saturated rings. The van der Waals surface area contributed by atoms with Gasteiger partial charge in [0.25, 0.3) is 0 Å². The van der Waals surface area contributed by atoms with Gasteiger partial charge in [-0.1, -0.05) is 233 Å². The normalized spacial score (nSPS) is 14.1. The van der Waals surface area contributed by atoms with Gasteiger partial charge in [0, 0.05) is 19.3 Å². The molecule has 12 heteroatoms. The minimum atomic E-state index is -4.78. The van der Waals surface area contributed by atoms with E-state index < -0.39 is 57.8 Å². The van der Waals surface area contributed by atoms with E-state index in [1.54, 1.807) is 0 Å². The molecule has 0 radical (unpaired) electrons. The van der Waals surface area contributed by atoms with Crippen molar-refractivity contribution in [2.75, 3.05) is 26.4 Å². The summed E-state index contributed by atoms with van der Waals surface area (Å²) in [5.74, 6) is -1.59. The number of carbonyl (C=O) groups excluding carboxylic acids is 3. The second-order valence-electron chi connectivity index (χ2n) is 20.1. The van der Waals surface area contributed by atoms with Gasteiger partial charge < -0.3 is 24.2 Å². The zero-order chi connectivity index (χ0) is 56.9. The Hall–Kier alpha value is -3.86. The van der Waals surface area contributed by atoms with Crippen LogP contribution >= 0.6 is 7.82 Å². The molecule has 0 spiro atoms. The third-order valence-electron chi connectivity index (χ3n) is 12.6. The van der Waals surface area contributed by atoms with Crippen LogP contribution in [0.15, 0.2) is 109 Å². The van der Waals surface area contributed by atoms with E-state index in [-0.39, 0.29) is 25.9 Å². The molecule has 0 aliphatic rings. The number of hydrogen-bond donors (Lipinski definition) is 2. The van der Waals surface area contributed by atoms with Crippen molar-refractivity contribution in [3.63, 3.8) is 0 Å². The van der Waals surface area contributed by atoms with Crippen molar-refractivity contribution >= 4 is 25.7 Å². The number of carbonyl (C=O) groups is 3. The topological polar surface area (TPSA) is 155 Å². The number of aliphatic hydroxyl groups excluding tert-OH is 1. The van der Waals surface area contributed by atoms with Crippen LogP contribution in [0.3, 0.4) is 0 Å². The first-order valence-corrected chi connectivity index (χ1v) is 32.3. The summed E-state index contributed by atoms with van der Waals surface area (Å²) in [5.41, 5.74) is 0. The van der Waals surface area contributed by atoms with E-state index in [1.165, 1.54) is 83.5 Å². The minimum Gasteiger partial charge on any atom is -0.462 e. The molecule has 0 bridgehead atoms. The molecule has 0 aliphatic carbocycles. The molecule has 0 saturated carbocycles. The molecule has 0 aromatic carbocycles. The number of phosphoric acid groups is 1. The maximum atomic E-state index is 12.9. The van der Waals surface area contributed by atoms with Gasteiger partial charge in [-0.3, -0.25) is 23.4 Å². The van der Waals surface area contributed by atoms with Gasteiger partial charge in [-0.25, -0.2) is 4.57 Å². The molecule has 78 heavy (non-hydrogen) atoms. The molecule has 0 heterocycles. The van der Waals surface area contributed by atoms with Crippen LogP contribution in [0.2, 0.25) is 0 Å². The van der Waals surface area contributed by atoms with Crippen molar-refractivity contribution in [1.29, 1.82) is 0 Å². The number of ether oxygens (including phenoxy) is 3. The van der Waals surface area contributed by atoms with E-state index in [2.05, 4.69) is 118 Å². The van der Waals surface area contributed by atoms with Gasteiger partial charge in [-0.15, -0.1) is 0 Å². The third kappa shape index (κ3) is 56.8. The molecule has 3 unspecified atom stereocenters. The van der Waals surface area contributed by atoms with Gasteiger partial charge in [0.05, 0.1) is 19.8 Å². The third-order valence-corrected chi connectivity index (χ3v) is 13.6. The Morgan fingerprint density at radius 1 is 0.372 bits per heavy atom. The predicted molar refractivity (Wildman–Crippen MR) is 325 cm³/mol. The fraction of sp³-hybridized carbons (Fsp3) is 0.682. The fourth-order valence-corrected chi connectivity index (χ4v) is 8.79. The maximum Gasteiger partial charge on any atom is 0.472 e. The molecule has 0 aromatic rings. The number of rotatable bonds is 56. The van der Waals surface area contributed by atoms with Crippen molar-refractivity contribution in [1.82, 2.24) is 0 Å². The number of phosphoric ester groups is 1. The van der Waals surface area contributed by atoms with Crippen LogP contribution in [0, 0.1) is 0 Å². The van der Waals surface area contributed by atoms with E-state index in [4.69, 9.17) is 23.3 Å². The first-order valence-electron chi connectivity index (χ1n) is 30.8. The number of allylic oxidation sites excluding steroid dienone is 18. The van der Waals surface area contributed by atoms with Crippen LogP contribution in [0.1, 0.15) is 252 Å². The largest absolute Gasteiger partial charge is 0.472 e. The van der Waals surface area contributed by atoms with Gasteiger partial charge in [-0.05, 0) is 109 Å². The number of esters is 3. The van der Waals surface area contributed by atoms with Crippen molar-refractivity contribution in [2.45, 2.75) is 264 Å². The highest BCUT2D eigenvalue weighted by Gasteiger charge is 2.28. The summed E-state index contributed by atoms with van der Waals surface area (Å²) in [6, 6.07) is 0. The van der Waals surface area contributed by atoms with E-state index in [0.717, 1.165) is 103 Å². The van der Waals surface area contributed by atoms with E-state index in [0.29, 0.717) is 25.7 Å². The summed E-state index contributed by atoms with van der Waals surface area (Å²) in [7, 11) is -4.78. The quantitative estimate of drug-likeness (QED) is 0.0197. The summed E-state index contributed by atoms with van der Waals surface area (Å²) in [5, 5.41) is 9.82. The lowest BCUT2D eigenvalue weighted by Crippen LogP contribution is -2.30.